The van der Waals surface area contributed by atoms with Crippen molar-refractivity contribution in [2.24, 2.45) is 10.3 Å². The lowest BCUT2D eigenvalue weighted by Crippen LogP contribution is -2.06. The summed E-state index contributed by atoms with van der Waals surface area (Å²) >= 11 is 4.64. The number of aromatic nitrogens is 2. The summed E-state index contributed by atoms with van der Waals surface area (Å²) in [5, 5.41) is 20.1. The molecule has 8 aromatic rings. The SMILES string of the molecule is CC(=O)Cl.CCOCCn1c2ccc(C(=O)c3ccccc3C)cc2c2cc(/C(C)=N/O)ccc21.CCOCCn1c2ccc(C(=O)c3ccccc3C)cc2c2cc(/C(C)=N/OC(C)=O)ccc21. The van der Waals surface area contributed by atoms with Crippen LogP contribution in [-0.4, -0.2) is 75.0 Å². The fourth-order valence-corrected chi connectivity index (χ4v) is 8.23. The van der Waals surface area contributed by atoms with Gasteiger partial charge in [-0.2, -0.15) is 0 Å². The van der Waals surface area contributed by atoms with Crippen molar-refractivity contribution >= 4 is 89.4 Å². The van der Waals surface area contributed by atoms with E-state index in [9.17, 15) is 24.4 Å². The molecule has 356 valence electrons. The van der Waals surface area contributed by atoms with Gasteiger partial charge in [0.05, 0.1) is 24.6 Å². The Morgan fingerprint density at radius 1 is 0.536 bits per heavy atom. The first-order valence-corrected chi connectivity index (χ1v) is 23.1. The number of fused-ring (bicyclic) bond motifs is 6. The van der Waals surface area contributed by atoms with Crippen molar-refractivity contribution < 1.29 is 38.7 Å². The molecule has 6 aromatic carbocycles. The fraction of sp³-hybridized carbons (Fsp3) is 0.250. The Bertz CT molecular complexity index is 3250. The van der Waals surface area contributed by atoms with Gasteiger partial charge in [0.2, 0.25) is 5.24 Å². The monoisotopic (exact) mass is 948 g/mol. The highest BCUT2D eigenvalue weighted by Gasteiger charge is 2.19. The topological polar surface area (TPSA) is 151 Å². The van der Waals surface area contributed by atoms with Gasteiger partial charge in [0.25, 0.3) is 0 Å². The van der Waals surface area contributed by atoms with Gasteiger partial charge in [-0.05, 0) is 136 Å². The second-order valence-corrected chi connectivity index (χ2v) is 16.9. The van der Waals surface area contributed by atoms with E-state index in [4.69, 9.17) is 14.3 Å². The summed E-state index contributed by atoms with van der Waals surface area (Å²) in [5.41, 5.74) is 11.6. The molecular formula is C56H57ClN4O8. The molecule has 12 nitrogen and oxygen atoms in total. The summed E-state index contributed by atoms with van der Waals surface area (Å²) in [7, 11) is 0. The number of ether oxygens (including phenoxy) is 2. The predicted octanol–water partition coefficient (Wildman–Crippen LogP) is 12.0. The van der Waals surface area contributed by atoms with Crippen molar-refractivity contribution in [3.63, 3.8) is 0 Å². The first-order valence-electron chi connectivity index (χ1n) is 22.7. The highest BCUT2D eigenvalue weighted by Crippen LogP contribution is 2.33. The van der Waals surface area contributed by atoms with Crippen LogP contribution in [0.4, 0.5) is 0 Å². The van der Waals surface area contributed by atoms with Gasteiger partial charge >= 0.3 is 5.97 Å². The van der Waals surface area contributed by atoms with Crippen LogP contribution in [0.3, 0.4) is 0 Å². The van der Waals surface area contributed by atoms with Crippen LogP contribution in [0, 0.1) is 13.8 Å². The molecule has 2 aromatic heterocycles. The van der Waals surface area contributed by atoms with Crippen LogP contribution in [0.1, 0.15) is 95.6 Å². The number of halogens is 1. The van der Waals surface area contributed by atoms with Gasteiger partial charge in [-0.15, -0.1) is 0 Å². The highest BCUT2D eigenvalue weighted by atomic mass is 35.5. The van der Waals surface area contributed by atoms with Gasteiger partial charge in [0, 0.05) is 106 Å². The zero-order valence-electron chi connectivity index (χ0n) is 40.3. The number of carbonyl (C=O) groups is 4. The Hall–Kier alpha value is -7.25. The van der Waals surface area contributed by atoms with E-state index in [2.05, 4.69) is 31.0 Å². The van der Waals surface area contributed by atoms with Crippen LogP contribution in [0.25, 0.3) is 43.6 Å². The van der Waals surface area contributed by atoms with E-state index in [1.54, 1.807) is 13.8 Å². The van der Waals surface area contributed by atoms with Crippen molar-refractivity contribution in [1.82, 2.24) is 9.13 Å². The molecule has 0 saturated carbocycles. The summed E-state index contributed by atoms with van der Waals surface area (Å²) in [4.78, 5) is 51.7. The van der Waals surface area contributed by atoms with Gasteiger partial charge in [-0.1, -0.05) is 71.0 Å². The molecule has 0 aliphatic rings. The molecule has 0 saturated heterocycles. The number of nitrogens with zero attached hydrogens (tertiary/aromatic N) is 4. The van der Waals surface area contributed by atoms with E-state index in [0.29, 0.717) is 73.2 Å². The van der Waals surface area contributed by atoms with Crippen molar-refractivity contribution in [3.05, 3.63) is 166 Å². The molecule has 8 rings (SSSR count). The quantitative estimate of drug-likeness (QED) is 0.0203. The first-order chi connectivity index (χ1) is 33.2. The Balaban J connectivity index is 0.000000211. The average Bonchev–Trinajstić information content (AvgIpc) is 3.83. The number of aryl methyl sites for hydroxylation is 2. The van der Waals surface area contributed by atoms with E-state index in [1.165, 1.54) is 13.8 Å². The van der Waals surface area contributed by atoms with Crippen LogP contribution in [0.5, 0.6) is 0 Å². The molecule has 13 heteroatoms. The molecule has 0 amide bonds. The number of carbonyl (C=O) groups excluding carboxylic acids is 4. The van der Waals surface area contributed by atoms with Crippen molar-refractivity contribution in [1.29, 1.82) is 0 Å². The zero-order chi connectivity index (χ0) is 49.8. The van der Waals surface area contributed by atoms with Gasteiger partial charge in [-0.3, -0.25) is 14.4 Å². The average molecular weight is 950 g/mol. The van der Waals surface area contributed by atoms with Crippen LogP contribution in [0.15, 0.2) is 132 Å². The number of hydrogen-bond donors (Lipinski definition) is 1. The third kappa shape index (κ3) is 12.1. The van der Waals surface area contributed by atoms with Gasteiger partial charge in [0.1, 0.15) is 0 Å². The minimum absolute atomic E-state index is 0.000952. The zero-order valence-corrected chi connectivity index (χ0v) is 41.0. The number of oxime groups is 2. The first kappa shape index (κ1) is 51.1. The number of rotatable bonds is 15. The second-order valence-electron chi connectivity index (χ2n) is 16.3. The number of ketones is 2. The van der Waals surface area contributed by atoms with Gasteiger partial charge in [0.15, 0.2) is 11.6 Å². The summed E-state index contributed by atoms with van der Waals surface area (Å²) in [6.07, 6.45) is 0. The third-order valence-corrected chi connectivity index (χ3v) is 11.7. The predicted molar refractivity (Wildman–Crippen MR) is 276 cm³/mol. The molecule has 0 aliphatic heterocycles. The van der Waals surface area contributed by atoms with E-state index in [0.717, 1.165) is 65.9 Å². The van der Waals surface area contributed by atoms with E-state index in [1.807, 2.05) is 149 Å². The molecule has 0 aliphatic carbocycles. The van der Waals surface area contributed by atoms with Crippen molar-refractivity contribution in [2.45, 2.75) is 68.5 Å². The fourth-order valence-electron chi connectivity index (χ4n) is 8.23. The van der Waals surface area contributed by atoms with E-state index in [-0.39, 0.29) is 16.8 Å². The highest BCUT2D eigenvalue weighted by molar-refractivity contribution is 6.62. The van der Waals surface area contributed by atoms with Crippen LogP contribution >= 0.6 is 11.6 Å². The lowest BCUT2D eigenvalue weighted by Gasteiger charge is -2.08. The maximum absolute atomic E-state index is 13.3. The van der Waals surface area contributed by atoms with Gasteiger partial charge < -0.3 is 28.7 Å². The maximum atomic E-state index is 13.3. The Morgan fingerprint density at radius 3 is 1.23 bits per heavy atom. The molecule has 0 atom stereocenters. The molecule has 0 fully saturated rings. The smallest absolute Gasteiger partial charge is 0.331 e. The molecule has 69 heavy (non-hydrogen) atoms. The minimum Gasteiger partial charge on any atom is -0.411 e. The Kier molecular flexibility index (Phi) is 17.5. The molecule has 0 unspecified atom stereocenters. The molecule has 0 spiro atoms. The summed E-state index contributed by atoms with van der Waals surface area (Å²) in [6.45, 7) is 18.0. The lowest BCUT2D eigenvalue weighted by atomic mass is 9.97. The normalized spacial score (nSPS) is 11.6. The molecule has 1 N–H and O–H groups in total. The van der Waals surface area contributed by atoms with E-state index < -0.39 is 5.97 Å². The molecule has 2 heterocycles. The van der Waals surface area contributed by atoms with Crippen molar-refractivity contribution in [2.75, 3.05) is 26.4 Å². The number of benzene rings is 6. The summed E-state index contributed by atoms with van der Waals surface area (Å²) in [5.74, 6) is -0.453. The molecule has 0 bridgehead atoms. The molecular weight excluding hydrogens is 892 g/mol. The standard InChI is InChI=1S/C28H28N2O4.C26H26N2O3.C2H3ClO/c1-5-33-15-14-30-26-12-10-21(19(3)29-34-20(4)31)16-24(26)25-17-22(11-13-27(25)30)28(32)23-9-7-6-8-18(23)2;1-4-31-14-13-28-24-11-9-19(18(3)27-30)15-22(24)23-16-20(10-12-25(23)28)26(29)21-8-6-5-7-17(21)2;1-2(3)4/h6-13,16-17H,5,14-15H2,1-4H3;5-12,15-16,30H,4,13-14H2,1-3H3;1H3/b29-19+;27-18+;. The van der Waals surface area contributed by atoms with E-state index >= 15 is 0 Å². The summed E-state index contributed by atoms with van der Waals surface area (Å²) < 4.78 is 15.6. The van der Waals surface area contributed by atoms with Crippen LogP contribution in [-0.2, 0) is 37.0 Å². The Labute approximate surface area is 406 Å². The molecule has 0 radical (unpaired) electrons. The van der Waals surface area contributed by atoms with Gasteiger partial charge in [-0.25, -0.2) is 4.79 Å². The van der Waals surface area contributed by atoms with Crippen LogP contribution in [0.2, 0.25) is 0 Å². The lowest BCUT2D eigenvalue weighted by molar-refractivity contribution is -0.140. The minimum atomic E-state index is -0.465. The second kappa shape index (κ2) is 23.7. The largest absolute Gasteiger partial charge is 0.411 e. The van der Waals surface area contributed by atoms with Crippen molar-refractivity contribution in [3.8, 4) is 0 Å². The maximum Gasteiger partial charge on any atom is 0.331 e. The van der Waals surface area contributed by atoms with Crippen LogP contribution < -0.4 is 0 Å². The number of hydrogen-bond acceptors (Lipinski definition) is 10. The Morgan fingerprint density at radius 2 is 0.884 bits per heavy atom. The third-order valence-electron chi connectivity index (χ3n) is 11.7. The summed E-state index contributed by atoms with van der Waals surface area (Å²) in [6, 6.07) is 39.0.